The van der Waals surface area contributed by atoms with E-state index < -0.39 is 0 Å². The van der Waals surface area contributed by atoms with Crippen molar-refractivity contribution in [2.75, 3.05) is 6.54 Å². The highest BCUT2D eigenvalue weighted by Gasteiger charge is 2.49. The fraction of sp³-hybridized carbons (Fsp3) is 0.818. The molecule has 1 heterocycles. The molecule has 1 aromatic heterocycles. The van der Waals surface area contributed by atoms with E-state index in [9.17, 15) is 0 Å². The van der Waals surface area contributed by atoms with Gasteiger partial charge in [0.15, 0.2) is 5.82 Å². The van der Waals surface area contributed by atoms with E-state index in [1.807, 2.05) is 0 Å². The minimum absolute atomic E-state index is 0.276. The third kappa shape index (κ3) is 2.04. The Morgan fingerprint density at radius 2 is 2.27 bits per heavy atom. The van der Waals surface area contributed by atoms with Crippen molar-refractivity contribution in [2.24, 2.45) is 11.1 Å². The molecule has 0 amide bonds. The van der Waals surface area contributed by atoms with E-state index in [0.29, 0.717) is 17.9 Å². The summed E-state index contributed by atoms with van der Waals surface area (Å²) in [6, 6.07) is 0. The molecular formula is C11H19N3O. The van der Waals surface area contributed by atoms with E-state index in [1.54, 1.807) is 0 Å². The van der Waals surface area contributed by atoms with Gasteiger partial charge in [0.05, 0.1) is 0 Å². The van der Waals surface area contributed by atoms with Crippen molar-refractivity contribution >= 4 is 0 Å². The average Bonchev–Trinajstić information content (AvgIpc) is 2.66. The lowest BCUT2D eigenvalue weighted by Gasteiger charge is -2.01. The Labute approximate surface area is 90.2 Å². The highest BCUT2D eigenvalue weighted by Crippen LogP contribution is 2.57. The van der Waals surface area contributed by atoms with Crippen LogP contribution >= 0.6 is 0 Å². The second-order valence-electron chi connectivity index (χ2n) is 5.21. The van der Waals surface area contributed by atoms with Crippen LogP contribution in [0, 0.1) is 5.41 Å². The number of nitrogens with two attached hydrogens (primary N) is 1. The molecule has 2 rings (SSSR count). The Morgan fingerprint density at radius 3 is 2.80 bits per heavy atom. The second kappa shape index (κ2) is 3.59. The predicted molar refractivity (Wildman–Crippen MR) is 57.5 cm³/mol. The quantitative estimate of drug-likeness (QED) is 0.824. The van der Waals surface area contributed by atoms with Crippen LogP contribution in [0.3, 0.4) is 0 Å². The van der Waals surface area contributed by atoms with Gasteiger partial charge in [-0.25, -0.2) is 0 Å². The lowest BCUT2D eigenvalue weighted by atomic mass is 10.1. The monoisotopic (exact) mass is 209 g/mol. The maximum absolute atomic E-state index is 5.50. The first-order valence-corrected chi connectivity index (χ1v) is 5.58. The second-order valence-corrected chi connectivity index (χ2v) is 5.21. The van der Waals surface area contributed by atoms with Crippen molar-refractivity contribution in [2.45, 2.75) is 45.4 Å². The third-order valence-electron chi connectivity index (χ3n) is 3.30. The number of aromatic nitrogens is 2. The maximum Gasteiger partial charge on any atom is 0.229 e. The normalized spacial score (nSPS) is 25.2. The average molecular weight is 209 g/mol. The van der Waals surface area contributed by atoms with E-state index in [0.717, 1.165) is 24.6 Å². The van der Waals surface area contributed by atoms with Gasteiger partial charge in [-0.05, 0) is 24.8 Å². The summed E-state index contributed by atoms with van der Waals surface area (Å²) in [4.78, 5) is 4.45. The molecule has 1 aromatic rings. The van der Waals surface area contributed by atoms with Crippen LogP contribution in [0.5, 0.6) is 0 Å². The maximum atomic E-state index is 5.50. The molecule has 4 nitrogen and oxygen atoms in total. The van der Waals surface area contributed by atoms with Gasteiger partial charge in [0.25, 0.3) is 0 Å². The molecule has 1 aliphatic carbocycles. The van der Waals surface area contributed by atoms with Crippen molar-refractivity contribution < 1.29 is 4.52 Å². The fourth-order valence-corrected chi connectivity index (χ4v) is 1.87. The van der Waals surface area contributed by atoms with Gasteiger partial charge in [-0.3, -0.25) is 0 Å². The standard InChI is InChI=1S/C11H19N3O/c1-7(4-5-12)10-13-9(14-15-10)8-6-11(8,2)3/h7-8H,4-6,12H2,1-3H3. The van der Waals surface area contributed by atoms with Gasteiger partial charge >= 0.3 is 0 Å². The van der Waals surface area contributed by atoms with Gasteiger partial charge < -0.3 is 10.3 Å². The first-order valence-electron chi connectivity index (χ1n) is 5.58. The molecule has 0 spiro atoms. The summed E-state index contributed by atoms with van der Waals surface area (Å²) < 4.78 is 5.26. The van der Waals surface area contributed by atoms with Crippen LogP contribution in [-0.2, 0) is 0 Å². The van der Waals surface area contributed by atoms with Crippen LogP contribution in [0.25, 0.3) is 0 Å². The summed E-state index contributed by atoms with van der Waals surface area (Å²) in [5, 5.41) is 4.05. The van der Waals surface area contributed by atoms with Crippen molar-refractivity contribution in [3.8, 4) is 0 Å². The zero-order valence-electron chi connectivity index (χ0n) is 9.66. The summed E-state index contributed by atoms with van der Waals surface area (Å²) in [6.07, 6.45) is 2.06. The topological polar surface area (TPSA) is 64.9 Å². The summed E-state index contributed by atoms with van der Waals surface area (Å²) in [7, 11) is 0. The number of nitrogens with zero attached hydrogens (tertiary/aromatic N) is 2. The molecular weight excluding hydrogens is 190 g/mol. The molecule has 84 valence electrons. The van der Waals surface area contributed by atoms with E-state index in [4.69, 9.17) is 10.3 Å². The van der Waals surface area contributed by atoms with Crippen molar-refractivity contribution in [1.82, 2.24) is 10.1 Å². The molecule has 2 N–H and O–H groups in total. The lowest BCUT2D eigenvalue weighted by Crippen LogP contribution is -2.04. The molecule has 1 aliphatic rings. The summed E-state index contributed by atoms with van der Waals surface area (Å²) in [6.45, 7) is 7.20. The molecule has 1 saturated carbocycles. The number of hydrogen-bond acceptors (Lipinski definition) is 4. The molecule has 0 aliphatic heterocycles. The van der Waals surface area contributed by atoms with Crippen LogP contribution in [0.1, 0.15) is 57.2 Å². The lowest BCUT2D eigenvalue weighted by molar-refractivity contribution is 0.350. The molecule has 0 aromatic carbocycles. The zero-order valence-corrected chi connectivity index (χ0v) is 9.66. The SMILES string of the molecule is CC(CCN)c1nc(C2CC2(C)C)no1. The van der Waals surface area contributed by atoms with Crippen LogP contribution in [0.2, 0.25) is 0 Å². The smallest absolute Gasteiger partial charge is 0.229 e. The minimum atomic E-state index is 0.276. The predicted octanol–water partition coefficient (Wildman–Crippen LogP) is 2.04. The summed E-state index contributed by atoms with van der Waals surface area (Å²) >= 11 is 0. The Hall–Kier alpha value is -0.900. The third-order valence-corrected chi connectivity index (χ3v) is 3.30. The van der Waals surface area contributed by atoms with E-state index in [-0.39, 0.29) is 5.92 Å². The molecule has 0 radical (unpaired) electrons. The van der Waals surface area contributed by atoms with Gasteiger partial charge in [-0.2, -0.15) is 4.98 Å². The Morgan fingerprint density at radius 1 is 1.60 bits per heavy atom. The molecule has 2 atom stereocenters. The zero-order chi connectivity index (χ0) is 11.1. The van der Waals surface area contributed by atoms with Crippen LogP contribution in [0.15, 0.2) is 4.52 Å². The molecule has 15 heavy (non-hydrogen) atoms. The first-order chi connectivity index (χ1) is 7.04. The highest BCUT2D eigenvalue weighted by atomic mass is 16.5. The van der Waals surface area contributed by atoms with Gasteiger partial charge in [0, 0.05) is 11.8 Å². The fourth-order valence-electron chi connectivity index (χ4n) is 1.87. The van der Waals surface area contributed by atoms with E-state index in [2.05, 4.69) is 30.9 Å². The molecule has 4 heteroatoms. The van der Waals surface area contributed by atoms with E-state index in [1.165, 1.54) is 0 Å². The van der Waals surface area contributed by atoms with Crippen molar-refractivity contribution in [3.05, 3.63) is 11.7 Å². The van der Waals surface area contributed by atoms with Gasteiger partial charge in [-0.1, -0.05) is 25.9 Å². The largest absolute Gasteiger partial charge is 0.339 e. The number of rotatable bonds is 4. The first kappa shape index (κ1) is 10.6. The molecule has 0 saturated heterocycles. The van der Waals surface area contributed by atoms with Crippen molar-refractivity contribution in [1.29, 1.82) is 0 Å². The minimum Gasteiger partial charge on any atom is -0.339 e. The Bertz CT molecular complexity index is 345. The van der Waals surface area contributed by atoms with Crippen molar-refractivity contribution in [3.63, 3.8) is 0 Å². The van der Waals surface area contributed by atoms with E-state index >= 15 is 0 Å². The number of hydrogen-bond donors (Lipinski definition) is 1. The Kier molecular flexibility index (Phi) is 2.54. The molecule has 0 bridgehead atoms. The van der Waals surface area contributed by atoms with Gasteiger partial charge in [0.1, 0.15) is 0 Å². The summed E-state index contributed by atoms with van der Waals surface area (Å²) in [5.74, 6) is 2.37. The molecule has 1 fully saturated rings. The van der Waals surface area contributed by atoms with Crippen LogP contribution in [0.4, 0.5) is 0 Å². The Balaban J connectivity index is 2.05. The van der Waals surface area contributed by atoms with Crippen LogP contribution < -0.4 is 5.73 Å². The van der Waals surface area contributed by atoms with Gasteiger partial charge in [0.2, 0.25) is 5.89 Å². The van der Waals surface area contributed by atoms with Gasteiger partial charge in [-0.15, -0.1) is 0 Å². The summed E-state index contributed by atoms with van der Waals surface area (Å²) in [5.41, 5.74) is 5.86. The molecule has 2 unspecified atom stereocenters. The highest BCUT2D eigenvalue weighted by molar-refractivity contribution is 5.14. The van der Waals surface area contributed by atoms with Crippen LogP contribution in [-0.4, -0.2) is 16.7 Å².